The van der Waals surface area contributed by atoms with Crippen molar-refractivity contribution in [2.75, 3.05) is 12.9 Å². The van der Waals surface area contributed by atoms with Gasteiger partial charge < -0.3 is 0 Å². The molecular weight excluding hydrogens is 284 g/mol. The topological polar surface area (TPSA) is 147 Å². The second-order valence-corrected chi connectivity index (χ2v) is 5.99. The molecule has 0 N–H and O–H groups in total. The van der Waals surface area contributed by atoms with Crippen LogP contribution in [0.25, 0.3) is 0 Å². The number of nitro groups is 2. The quantitative estimate of drug-likeness (QED) is 0.266. The maximum Gasteiger partial charge on any atom is 0.459 e. The lowest BCUT2D eigenvalue weighted by molar-refractivity contribution is -0.813. The summed E-state index contributed by atoms with van der Waals surface area (Å²) in [5, 5.41) is 21.2. The summed E-state index contributed by atoms with van der Waals surface area (Å²) in [6.07, 6.45) is -0.357. The molecule has 0 amide bonds. The molecule has 1 rings (SSSR count). The van der Waals surface area contributed by atoms with Gasteiger partial charge in [-0.15, -0.1) is 0 Å². The molecule has 11 heteroatoms. The van der Waals surface area contributed by atoms with Crippen molar-refractivity contribution in [3.8, 4) is 0 Å². The fraction of sp³-hybridized carbons (Fsp3) is 0.875. The molecule has 0 heterocycles. The van der Waals surface area contributed by atoms with Crippen LogP contribution in [0.3, 0.4) is 0 Å². The fourth-order valence-corrected chi connectivity index (χ4v) is 2.21. The number of carbonyl (C=O) groups is 1. The normalized spacial score (nSPS) is 18.6. The Balaban J connectivity index is 2.48. The summed E-state index contributed by atoms with van der Waals surface area (Å²) in [6.45, 7) is -0.363. The summed E-state index contributed by atoms with van der Waals surface area (Å²) in [4.78, 5) is 30.7. The Labute approximate surface area is 108 Å². The van der Waals surface area contributed by atoms with E-state index in [1.54, 1.807) is 0 Å². The Bertz CT molecular complexity index is 491. The molecule has 19 heavy (non-hydrogen) atoms. The highest BCUT2D eigenvalue weighted by Gasteiger charge is 2.67. The van der Waals surface area contributed by atoms with Crippen LogP contribution >= 0.6 is 0 Å². The van der Waals surface area contributed by atoms with Gasteiger partial charge in [0.2, 0.25) is 0 Å². The van der Waals surface area contributed by atoms with E-state index in [-0.39, 0.29) is 13.0 Å². The number of hydrogen-bond donors (Lipinski definition) is 0. The molecule has 0 saturated heterocycles. The number of rotatable bonds is 7. The van der Waals surface area contributed by atoms with Crippen LogP contribution < -0.4 is 0 Å². The largest absolute Gasteiger partial charge is 0.459 e. The molecule has 0 radical (unpaired) electrons. The minimum Gasteiger partial charge on any atom is -0.299 e. The molecule has 0 atom stereocenters. The SMILES string of the molecule is CS(=O)(=O)OCCC(=O)C1CC([N+](=O)[O-])([N+](=O)[O-])C1. The van der Waals surface area contributed by atoms with Crippen LogP contribution in [0.1, 0.15) is 19.3 Å². The van der Waals surface area contributed by atoms with Gasteiger partial charge in [-0.2, -0.15) is 8.42 Å². The lowest BCUT2D eigenvalue weighted by Crippen LogP contribution is -2.58. The van der Waals surface area contributed by atoms with Crippen molar-refractivity contribution in [3.63, 3.8) is 0 Å². The minimum absolute atomic E-state index is 0.247. The van der Waals surface area contributed by atoms with Crippen LogP contribution in [0.5, 0.6) is 0 Å². The summed E-state index contributed by atoms with van der Waals surface area (Å²) in [5.41, 5.74) is -2.28. The molecule has 0 unspecified atom stereocenters. The molecule has 1 aliphatic carbocycles. The number of carbonyl (C=O) groups excluding carboxylic acids is 1. The van der Waals surface area contributed by atoms with E-state index in [2.05, 4.69) is 4.18 Å². The van der Waals surface area contributed by atoms with Gasteiger partial charge in [-0.25, -0.2) is 0 Å². The van der Waals surface area contributed by atoms with Crippen molar-refractivity contribution in [1.29, 1.82) is 0 Å². The molecule has 10 nitrogen and oxygen atoms in total. The number of Topliss-reactive ketones (excluding diaryl/α,β-unsaturated/α-hetero) is 1. The zero-order chi connectivity index (χ0) is 14.8. The predicted molar refractivity (Wildman–Crippen MR) is 59.9 cm³/mol. The number of nitrogens with zero attached hydrogens (tertiary/aromatic N) is 2. The van der Waals surface area contributed by atoms with E-state index >= 15 is 0 Å². The summed E-state index contributed by atoms with van der Waals surface area (Å²) in [6, 6.07) is 0. The minimum atomic E-state index is -3.65. The Morgan fingerprint density at radius 1 is 1.32 bits per heavy atom. The molecule has 0 spiro atoms. The molecular formula is C8H12N2O8S. The summed E-state index contributed by atoms with van der Waals surface area (Å²) < 4.78 is 25.6. The molecule has 1 saturated carbocycles. The maximum atomic E-state index is 11.5. The average Bonchev–Trinajstić information content (AvgIpc) is 2.11. The fourth-order valence-electron chi connectivity index (χ4n) is 1.82. The summed E-state index contributed by atoms with van der Waals surface area (Å²) >= 11 is 0. The highest BCUT2D eigenvalue weighted by molar-refractivity contribution is 7.85. The van der Waals surface area contributed by atoms with Crippen molar-refractivity contribution < 1.29 is 27.2 Å². The molecule has 0 bridgehead atoms. The maximum absolute atomic E-state index is 11.5. The van der Waals surface area contributed by atoms with Crippen LogP contribution in [-0.2, 0) is 19.1 Å². The Morgan fingerprint density at radius 2 is 1.79 bits per heavy atom. The standard InChI is InChI=1S/C8H12N2O8S/c1-19(16,17)18-3-2-7(11)6-4-8(5-6,9(12)13)10(14)15/h6H,2-5H2,1H3. The van der Waals surface area contributed by atoms with E-state index in [0.717, 1.165) is 6.26 Å². The number of ketones is 1. The first-order chi connectivity index (χ1) is 8.58. The molecule has 1 aliphatic rings. The summed E-state index contributed by atoms with van der Waals surface area (Å²) in [7, 11) is -3.65. The third-order valence-electron chi connectivity index (χ3n) is 2.93. The third kappa shape index (κ3) is 3.44. The molecule has 0 aromatic heterocycles. The first-order valence-corrected chi connectivity index (χ1v) is 7.06. The van der Waals surface area contributed by atoms with E-state index in [4.69, 9.17) is 0 Å². The van der Waals surface area contributed by atoms with Crippen LogP contribution in [0.15, 0.2) is 0 Å². The van der Waals surface area contributed by atoms with Crippen molar-refractivity contribution in [2.45, 2.75) is 24.9 Å². The van der Waals surface area contributed by atoms with E-state index in [1.807, 2.05) is 0 Å². The van der Waals surface area contributed by atoms with E-state index in [9.17, 15) is 33.4 Å². The van der Waals surface area contributed by atoms with Gasteiger partial charge in [0.05, 0.1) is 35.6 Å². The lowest BCUT2D eigenvalue weighted by Gasteiger charge is -2.31. The van der Waals surface area contributed by atoms with Gasteiger partial charge in [0.1, 0.15) is 5.78 Å². The number of hydrogen-bond acceptors (Lipinski definition) is 8. The van der Waals surface area contributed by atoms with Gasteiger partial charge in [0.15, 0.2) is 0 Å². The molecule has 1 fully saturated rings. The van der Waals surface area contributed by atoms with E-state index < -0.39 is 50.2 Å². The van der Waals surface area contributed by atoms with Gasteiger partial charge in [-0.05, 0) is 0 Å². The highest BCUT2D eigenvalue weighted by Crippen LogP contribution is 2.41. The van der Waals surface area contributed by atoms with E-state index in [0.29, 0.717) is 0 Å². The van der Waals surface area contributed by atoms with Crippen molar-refractivity contribution in [1.82, 2.24) is 0 Å². The molecule has 0 aromatic rings. The van der Waals surface area contributed by atoms with Crippen LogP contribution in [0, 0.1) is 26.1 Å². The lowest BCUT2D eigenvalue weighted by atomic mass is 9.72. The average molecular weight is 296 g/mol. The van der Waals surface area contributed by atoms with Crippen molar-refractivity contribution in [3.05, 3.63) is 20.2 Å². The van der Waals surface area contributed by atoms with Crippen molar-refractivity contribution in [2.24, 2.45) is 5.92 Å². The van der Waals surface area contributed by atoms with Gasteiger partial charge in [0, 0.05) is 12.3 Å². The second kappa shape index (κ2) is 5.17. The first-order valence-electron chi connectivity index (χ1n) is 5.24. The Kier molecular flexibility index (Phi) is 4.20. The highest BCUT2D eigenvalue weighted by atomic mass is 32.2. The molecule has 0 aliphatic heterocycles. The second-order valence-electron chi connectivity index (χ2n) is 4.34. The van der Waals surface area contributed by atoms with Gasteiger partial charge in [0.25, 0.3) is 10.1 Å². The van der Waals surface area contributed by atoms with Crippen LogP contribution in [-0.4, -0.2) is 42.6 Å². The Hall–Kier alpha value is -1.62. The van der Waals surface area contributed by atoms with Crippen LogP contribution in [0.4, 0.5) is 0 Å². The zero-order valence-corrected chi connectivity index (χ0v) is 10.8. The Morgan fingerprint density at radius 3 is 2.16 bits per heavy atom. The predicted octanol–water partition coefficient (Wildman–Crippen LogP) is -0.418. The van der Waals surface area contributed by atoms with Gasteiger partial charge >= 0.3 is 5.66 Å². The zero-order valence-electron chi connectivity index (χ0n) is 9.97. The van der Waals surface area contributed by atoms with Crippen molar-refractivity contribution >= 4 is 15.9 Å². The van der Waals surface area contributed by atoms with Crippen LogP contribution in [0.2, 0.25) is 0 Å². The third-order valence-corrected chi connectivity index (χ3v) is 3.52. The van der Waals surface area contributed by atoms with Gasteiger partial charge in [-0.3, -0.25) is 29.2 Å². The smallest absolute Gasteiger partial charge is 0.299 e. The monoisotopic (exact) mass is 296 g/mol. The molecule has 108 valence electrons. The van der Waals surface area contributed by atoms with E-state index in [1.165, 1.54) is 0 Å². The first kappa shape index (κ1) is 15.4. The summed E-state index contributed by atoms with van der Waals surface area (Å²) in [5.74, 6) is -1.26. The van der Waals surface area contributed by atoms with Gasteiger partial charge in [-0.1, -0.05) is 0 Å². The molecule has 0 aromatic carbocycles.